The molecule has 0 saturated carbocycles. The first kappa shape index (κ1) is 18.5. The molecule has 136 valence electrons. The van der Waals surface area contributed by atoms with E-state index in [1.807, 2.05) is 6.07 Å². The third kappa shape index (κ3) is 4.86. The van der Waals surface area contributed by atoms with Crippen LogP contribution in [0.4, 0.5) is 5.69 Å². The van der Waals surface area contributed by atoms with Crippen molar-refractivity contribution in [2.24, 2.45) is 0 Å². The lowest BCUT2D eigenvalue weighted by atomic mass is 10.1. The maximum absolute atomic E-state index is 12.1. The molecule has 2 aromatic rings. The molecule has 3 rings (SSSR count). The number of halogens is 1. The third-order valence-corrected chi connectivity index (χ3v) is 3.98. The van der Waals surface area contributed by atoms with Gasteiger partial charge in [-0.1, -0.05) is 28.1 Å². The van der Waals surface area contributed by atoms with Crippen molar-refractivity contribution in [3.63, 3.8) is 0 Å². The van der Waals surface area contributed by atoms with Gasteiger partial charge in [0.1, 0.15) is 11.6 Å². The third-order valence-electron chi connectivity index (χ3n) is 3.49. The molecular formula is C19H13BrN2O5. The number of nitrogens with zero attached hydrogens (tertiary/aromatic N) is 1. The number of benzene rings is 2. The highest BCUT2D eigenvalue weighted by atomic mass is 79.9. The van der Waals surface area contributed by atoms with Crippen molar-refractivity contribution in [3.05, 3.63) is 58.1 Å². The predicted molar refractivity (Wildman–Crippen MR) is 99.9 cm³/mol. The van der Waals surface area contributed by atoms with E-state index in [9.17, 15) is 14.9 Å². The van der Waals surface area contributed by atoms with Crippen LogP contribution in [0.2, 0.25) is 0 Å². The first-order valence-corrected chi connectivity index (χ1v) is 8.58. The molecule has 0 saturated heterocycles. The zero-order valence-corrected chi connectivity index (χ0v) is 15.5. The SMILES string of the molecule is N#C/C(=C/c1ccc2c(c1)OCO2)C(=O)OCC(=O)Nc1cccc(Br)c1. The fourth-order valence-electron chi connectivity index (χ4n) is 2.28. The van der Waals surface area contributed by atoms with Crippen molar-refractivity contribution >= 4 is 39.6 Å². The molecule has 0 aliphatic carbocycles. The first-order valence-electron chi connectivity index (χ1n) is 7.79. The van der Waals surface area contributed by atoms with Crippen molar-refractivity contribution in [2.45, 2.75) is 0 Å². The lowest BCUT2D eigenvalue weighted by Gasteiger charge is -2.06. The number of fused-ring (bicyclic) bond motifs is 1. The quantitative estimate of drug-likeness (QED) is 0.445. The number of hydrogen-bond acceptors (Lipinski definition) is 6. The van der Waals surface area contributed by atoms with Gasteiger partial charge >= 0.3 is 5.97 Å². The number of esters is 1. The van der Waals surface area contributed by atoms with Crippen LogP contribution >= 0.6 is 15.9 Å². The standard InChI is InChI=1S/C19H13BrN2O5/c20-14-2-1-3-15(8-14)22-18(23)10-25-19(24)13(9-21)6-12-4-5-16-17(7-12)27-11-26-16/h1-8H,10-11H2,(H,22,23)/b13-6-. The Hall–Kier alpha value is -3.31. The zero-order valence-electron chi connectivity index (χ0n) is 13.9. The van der Waals surface area contributed by atoms with Crippen molar-refractivity contribution in [3.8, 4) is 17.6 Å². The lowest BCUT2D eigenvalue weighted by molar-refractivity contribution is -0.142. The van der Waals surface area contributed by atoms with Crippen LogP contribution in [0.15, 0.2) is 52.5 Å². The van der Waals surface area contributed by atoms with E-state index >= 15 is 0 Å². The van der Waals surface area contributed by atoms with Crippen molar-refractivity contribution in [2.75, 3.05) is 18.7 Å². The monoisotopic (exact) mass is 428 g/mol. The normalized spacial score (nSPS) is 12.2. The van der Waals surface area contributed by atoms with Crippen molar-refractivity contribution in [1.82, 2.24) is 0 Å². The molecule has 1 heterocycles. The number of nitrogens with one attached hydrogen (secondary N) is 1. The van der Waals surface area contributed by atoms with Gasteiger partial charge in [-0.25, -0.2) is 4.79 Å². The highest BCUT2D eigenvalue weighted by Gasteiger charge is 2.16. The van der Waals surface area contributed by atoms with E-state index in [0.717, 1.165) is 4.47 Å². The summed E-state index contributed by atoms with van der Waals surface area (Å²) in [4.78, 5) is 24.0. The number of hydrogen-bond donors (Lipinski definition) is 1. The average molecular weight is 429 g/mol. The van der Waals surface area contributed by atoms with E-state index in [-0.39, 0.29) is 12.4 Å². The van der Waals surface area contributed by atoms with Gasteiger partial charge in [0.2, 0.25) is 6.79 Å². The number of rotatable bonds is 5. The minimum absolute atomic E-state index is 0.128. The second-order valence-corrected chi connectivity index (χ2v) is 6.33. The molecule has 0 unspecified atom stereocenters. The van der Waals surface area contributed by atoms with Crippen LogP contribution in [0.1, 0.15) is 5.56 Å². The molecule has 1 N–H and O–H groups in total. The smallest absolute Gasteiger partial charge is 0.349 e. The van der Waals surface area contributed by atoms with Gasteiger partial charge in [0, 0.05) is 10.2 Å². The second kappa shape index (κ2) is 8.38. The summed E-state index contributed by atoms with van der Waals surface area (Å²) in [7, 11) is 0. The molecule has 7 nitrogen and oxygen atoms in total. The molecular weight excluding hydrogens is 416 g/mol. The van der Waals surface area contributed by atoms with Crippen molar-refractivity contribution in [1.29, 1.82) is 5.26 Å². The van der Waals surface area contributed by atoms with Gasteiger partial charge in [0.15, 0.2) is 18.1 Å². The molecule has 0 spiro atoms. The Kier molecular flexibility index (Phi) is 5.74. The summed E-state index contributed by atoms with van der Waals surface area (Å²) >= 11 is 3.30. The van der Waals surface area contributed by atoms with E-state index in [2.05, 4.69) is 21.2 Å². The molecule has 1 aliphatic rings. The molecule has 1 amide bonds. The van der Waals surface area contributed by atoms with Gasteiger partial charge in [-0.05, 0) is 42.0 Å². The van der Waals surface area contributed by atoms with Crippen LogP contribution in [0.3, 0.4) is 0 Å². The van der Waals surface area contributed by atoms with Crippen molar-refractivity contribution < 1.29 is 23.8 Å². The summed E-state index contributed by atoms with van der Waals surface area (Å²) in [5.41, 5.74) is 0.900. The zero-order chi connectivity index (χ0) is 19.2. The van der Waals surface area contributed by atoms with Gasteiger partial charge < -0.3 is 19.5 Å². The van der Waals surface area contributed by atoms with Gasteiger partial charge in [0.05, 0.1) is 0 Å². The summed E-state index contributed by atoms with van der Waals surface area (Å²) in [6.45, 7) is -0.381. The molecule has 2 aromatic carbocycles. The Labute approximate surface area is 163 Å². The first-order chi connectivity index (χ1) is 13.0. The Morgan fingerprint density at radius 3 is 2.81 bits per heavy atom. The van der Waals surface area contributed by atoms with Crippen LogP contribution in [0, 0.1) is 11.3 Å². The minimum Gasteiger partial charge on any atom is -0.454 e. The maximum Gasteiger partial charge on any atom is 0.349 e. The second-order valence-electron chi connectivity index (χ2n) is 5.42. The average Bonchev–Trinajstić information content (AvgIpc) is 3.12. The van der Waals surface area contributed by atoms with Gasteiger partial charge in [0.25, 0.3) is 5.91 Å². The van der Waals surface area contributed by atoms with Gasteiger partial charge in [-0.15, -0.1) is 0 Å². The summed E-state index contributed by atoms with van der Waals surface area (Å²) < 4.78 is 16.2. The fourth-order valence-corrected chi connectivity index (χ4v) is 2.68. The summed E-state index contributed by atoms with van der Waals surface area (Å²) in [6.07, 6.45) is 1.36. The largest absolute Gasteiger partial charge is 0.454 e. The molecule has 0 atom stereocenters. The van der Waals surface area contributed by atoms with Gasteiger partial charge in [-0.3, -0.25) is 4.79 Å². The fraction of sp³-hybridized carbons (Fsp3) is 0.105. The van der Waals surface area contributed by atoms with E-state index in [1.165, 1.54) is 6.08 Å². The Morgan fingerprint density at radius 1 is 1.22 bits per heavy atom. The predicted octanol–water partition coefficient (Wildman–Crippen LogP) is 3.27. The van der Waals surface area contributed by atoms with E-state index in [0.29, 0.717) is 22.7 Å². The maximum atomic E-state index is 12.1. The molecule has 27 heavy (non-hydrogen) atoms. The number of carbonyl (C=O) groups is 2. The number of nitriles is 1. The number of ether oxygens (including phenoxy) is 3. The molecule has 0 bridgehead atoms. The van der Waals surface area contributed by atoms with E-state index in [4.69, 9.17) is 14.2 Å². The van der Waals surface area contributed by atoms with Crippen LogP contribution in [0.5, 0.6) is 11.5 Å². The molecule has 8 heteroatoms. The molecule has 0 aromatic heterocycles. The van der Waals surface area contributed by atoms with Crippen LogP contribution in [-0.2, 0) is 14.3 Å². The molecule has 1 aliphatic heterocycles. The Bertz CT molecular complexity index is 965. The molecule has 0 fully saturated rings. The highest BCUT2D eigenvalue weighted by molar-refractivity contribution is 9.10. The summed E-state index contributed by atoms with van der Waals surface area (Å²) in [5, 5.41) is 11.8. The van der Waals surface area contributed by atoms with Gasteiger partial charge in [-0.2, -0.15) is 5.26 Å². The summed E-state index contributed by atoms with van der Waals surface area (Å²) in [5.74, 6) is -0.276. The number of amides is 1. The number of carbonyl (C=O) groups excluding carboxylic acids is 2. The van der Waals surface area contributed by atoms with Crippen LogP contribution in [-0.4, -0.2) is 25.3 Å². The number of anilines is 1. The van der Waals surface area contributed by atoms with Crippen LogP contribution in [0.25, 0.3) is 6.08 Å². The minimum atomic E-state index is -0.889. The van der Waals surface area contributed by atoms with E-state index < -0.39 is 18.5 Å². The Morgan fingerprint density at radius 2 is 2.04 bits per heavy atom. The topological polar surface area (TPSA) is 97.7 Å². The lowest BCUT2D eigenvalue weighted by Crippen LogP contribution is -2.21. The Balaban J connectivity index is 1.60. The summed E-state index contributed by atoms with van der Waals surface area (Å²) in [6, 6.07) is 13.8. The van der Waals surface area contributed by atoms with E-state index in [1.54, 1.807) is 42.5 Å². The molecule has 0 radical (unpaired) electrons. The highest BCUT2D eigenvalue weighted by Crippen LogP contribution is 2.33. The van der Waals surface area contributed by atoms with Crippen LogP contribution < -0.4 is 14.8 Å².